The lowest BCUT2D eigenvalue weighted by atomic mass is 10.1. The van der Waals surface area contributed by atoms with E-state index in [1.165, 1.54) is 14.2 Å². The van der Waals surface area contributed by atoms with Gasteiger partial charge in [-0.1, -0.05) is 23.7 Å². The van der Waals surface area contributed by atoms with E-state index in [4.69, 9.17) is 16.3 Å². The second-order valence-corrected chi connectivity index (χ2v) is 7.46. The predicted octanol–water partition coefficient (Wildman–Crippen LogP) is 4.71. The third-order valence-electron chi connectivity index (χ3n) is 4.77. The molecule has 2 aromatic carbocycles. The molecule has 0 saturated heterocycles. The molecule has 0 spiro atoms. The Kier molecular flexibility index (Phi) is 6.53. The number of nitrogens with one attached hydrogen (secondary N) is 3. The van der Waals surface area contributed by atoms with Gasteiger partial charge in [0.1, 0.15) is 12.4 Å². The van der Waals surface area contributed by atoms with Crippen molar-refractivity contribution in [3.8, 4) is 22.5 Å². The summed E-state index contributed by atoms with van der Waals surface area (Å²) in [6.45, 7) is -0.0466. The van der Waals surface area contributed by atoms with Gasteiger partial charge < -0.3 is 19.8 Å². The van der Waals surface area contributed by atoms with Crippen molar-refractivity contribution in [2.24, 2.45) is 0 Å². The van der Waals surface area contributed by atoms with Crippen LogP contribution in [0.5, 0.6) is 0 Å². The van der Waals surface area contributed by atoms with Gasteiger partial charge in [-0.15, -0.1) is 0 Å². The number of hydrogen-bond acceptors (Lipinski definition) is 6. The van der Waals surface area contributed by atoms with Gasteiger partial charge in [-0.2, -0.15) is 0 Å². The van der Waals surface area contributed by atoms with Crippen molar-refractivity contribution in [1.82, 2.24) is 15.0 Å². The summed E-state index contributed by atoms with van der Waals surface area (Å²) in [7, 11) is 2.76. The molecule has 0 unspecified atom stereocenters. The van der Waals surface area contributed by atoms with Crippen LogP contribution in [0, 0.1) is 0 Å². The molecule has 0 aliphatic rings. The Hall–Kier alpha value is -3.95. The zero-order valence-corrected chi connectivity index (χ0v) is 18.6. The number of hydrogen-bond donors (Lipinski definition) is 3. The topological polar surface area (TPSA) is 118 Å². The second-order valence-electron chi connectivity index (χ2n) is 7.05. The van der Waals surface area contributed by atoms with Gasteiger partial charge in [-0.25, -0.2) is 14.8 Å². The van der Waals surface area contributed by atoms with Crippen molar-refractivity contribution in [2.45, 2.75) is 0 Å². The smallest absolute Gasteiger partial charge is 0.411 e. The molecule has 33 heavy (non-hydrogen) atoms. The van der Waals surface area contributed by atoms with Gasteiger partial charge in [0.15, 0.2) is 5.65 Å². The lowest BCUT2D eigenvalue weighted by molar-refractivity contribution is -0.119. The van der Waals surface area contributed by atoms with E-state index in [-0.39, 0.29) is 12.5 Å². The van der Waals surface area contributed by atoms with Crippen LogP contribution in [-0.4, -0.2) is 47.8 Å². The monoisotopic (exact) mass is 465 g/mol. The minimum absolute atomic E-state index is 0.0466. The van der Waals surface area contributed by atoms with Crippen LogP contribution in [0.2, 0.25) is 5.02 Å². The van der Waals surface area contributed by atoms with E-state index in [1.54, 1.807) is 36.5 Å². The number of halogens is 1. The third-order valence-corrected chi connectivity index (χ3v) is 5.10. The molecule has 10 heteroatoms. The number of aromatic nitrogens is 3. The fraction of sp³-hybridized carbons (Fsp3) is 0.130. The normalized spacial score (nSPS) is 10.8. The van der Waals surface area contributed by atoms with Gasteiger partial charge in [-0.05, 0) is 42.0 Å². The number of H-pyrrole nitrogens is 1. The van der Waals surface area contributed by atoms with Crippen LogP contribution >= 0.6 is 11.6 Å². The highest BCUT2D eigenvalue weighted by molar-refractivity contribution is 6.33. The number of benzene rings is 2. The molecule has 2 heterocycles. The Morgan fingerprint density at radius 1 is 1.00 bits per heavy atom. The summed E-state index contributed by atoms with van der Waals surface area (Å²) in [5.74, 6) is 0.259. The van der Waals surface area contributed by atoms with Gasteiger partial charge in [0.25, 0.3) is 0 Å². The lowest BCUT2D eigenvalue weighted by Gasteiger charge is -2.07. The van der Waals surface area contributed by atoms with Crippen LogP contribution in [0.15, 0.2) is 54.7 Å². The van der Waals surface area contributed by atoms with Crippen molar-refractivity contribution in [3.05, 3.63) is 59.8 Å². The molecule has 0 aliphatic heterocycles. The standard InChI is InChI=1S/C23H20ClN5O4/c1-32-12-20(30)26-16-7-8-18(24)17(10-16)21-28-19-9-14(11-25-22(19)29-21)13-3-5-15(6-4-13)27-23(31)33-2/h3-11H,12H2,1-2H3,(H,26,30)(H,27,31)(H,25,28,29). The Balaban J connectivity index is 1.61. The molecule has 168 valence electrons. The van der Waals surface area contributed by atoms with Crippen LogP contribution in [-0.2, 0) is 14.3 Å². The molecule has 0 fully saturated rings. The number of imidazole rings is 1. The van der Waals surface area contributed by atoms with E-state index >= 15 is 0 Å². The van der Waals surface area contributed by atoms with Gasteiger partial charge >= 0.3 is 6.09 Å². The highest BCUT2D eigenvalue weighted by atomic mass is 35.5. The lowest BCUT2D eigenvalue weighted by Crippen LogP contribution is -2.17. The van der Waals surface area contributed by atoms with E-state index < -0.39 is 6.09 Å². The van der Waals surface area contributed by atoms with Crippen molar-refractivity contribution in [2.75, 3.05) is 31.5 Å². The van der Waals surface area contributed by atoms with E-state index in [1.807, 2.05) is 18.2 Å². The average molecular weight is 466 g/mol. The van der Waals surface area contributed by atoms with Gasteiger partial charge in [-0.3, -0.25) is 10.1 Å². The van der Waals surface area contributed by atoms with Crippen LogP contribution in [0.4, 0.5) is 16.2 Å². The fourth-order valence-corrected chi connectivity index (χ4v) is 3.42. The number of methoxy groups -OCH3 is 2. The molecular weight excluding hydrogens is 446 g/mol. The zero-order chi connectivity index (χ0) is 23.4. The molecule has 0 saturated carbocycles. The number of anilines is 2. The van der Waals surface area contributed by atoms with Crippen molar-refractivity contribution >= 4 is 46.1 Å². The number of aromatic amines is 1. The number of amides is 2. The van der Waals surface area contributed by atoms with Gasteiger partial charge in [0, 0.05) is 35.8 Å². The first-order chi connectivity index (χ1) is 16.0. The summed E-state index contributed by atoms with van der Waals surface area (Å²) >= 11 is 6.39. The number of carbonyl (C=O) groups excluding carboxylic acids is 2. The average Bonchev–Trinajstić information content (AvgIpc) is 3.24. The van der Waals surface area contributed by atoms with Gasteiger partial charge in [0.2, 0.25) is 5.91 Å². The maximum absolute atomic E-state index is 11.8. The number of pyridine rings is 1. The molecule has 4 aromatic rings. The molecule has 2 amide bonds. The first-order valence-electron chi connectivity index (χ1n) is 9.86. The number of nitrogens with zero attached hydrogens (tertiary/aromatic N) is 2. The quantitative estimate of drug-likeness (QED) is 0.379. The third kappa shape index (κ3) is 5.11. The Morgan fingerprint density at radius 3 is 2.48 bits per heavy atom. The van der Waals surface area contributed by atoms with E-state index in [9.17, 15) is 9.59 Å². The maximum Gasteiger partial charge on any atom is 0.411 e. The maximum atomic E-state index is 11.8. The number of carbonyl (C=O) groups is 2. The molecule has 0 radical (unpaired) electrons. The van der Waals surface area contributed by atoms with Crippen LogP contribution in [0.1, 0.15) is 0 Å². The Morgan fingerprint density at radius 2 is 1.76 bits per heavy atom. The summed E-state index contributed by atoms with van der Waals surface area (Å²) < 4.78 is 9.44. The largest absolute Gasteiger partial charge is 0.453 e. The van der Waals surface area contributed by atoms with E-state index in [0.29, 0.717) is 33.4 Å². The summed E-state index contributed by atoms with van der Waals surface area (Å²) in [5.41, 5.74) is 4.86. The van der Waals surface area contributed by atoms with Crippen molar-refractivity contribution in [3.63, 3.8) is 0 Å². The van der Waals surface area contributed by atoms with E-state index in [0.717, 1.165) is 16.6 Å². The minimum Gasteiger partial charge on any atom is -0.453 e. The summed E-state index contributed by atoms with van der Waals surface area (Å²) in [6.07, 6.45) is 1.19. The van der Waals surface area contributed by atoms with Crippen LogP contribution in [0.3, 0.4) is 0 Å². The summed E-state index contributed by atoms with van der Waals surface area (Å²) in [6, 6.07) is 14.4. The predicted molar refractivity (Wildman–Crippen MR) is 126 cm³/mol. The molecule has 0 bridgehead atoms. The minimum atomic E-state index is -0.531. The molecule has 2 aromatic heterocycles. The van der Waals surface area contributed by atoms with Gasteiger partial charge in [0.05, 0.1) is 17.6 Å². The first-order valence-corrected chi connectivity index (χ1v) is 10.2. The zero-order valence-electron chi connectivity index (χ0n) is 17.8. The summed E-state index contributed by atoms with van der Waals surface area (Å²) in [5, 5.41) is 5.84. The van der Waals surface area contributed by atoms with Crippen molar-refractivity contribution < 1.29 is 19.1 Å². The fourth-order valence-electron chi connectivity index (χ4n) is 3.21. The molecule has 0 aliphatic carbocycles. The van der Waals surface area contributed by atoms with Crippen molar-refractivity contribution in [1.29, 1.82) is 0 Å². The Labute approximate surface area is 194 Å². The molecular formula is C23H20ClN5O4. The first kappa shape index (κ1) is 22.3. The molecule has 9 nitrogen and oxygen atoms in total. The van der Waals surface area contributed by atoms with Crippen LogP contribution in [0.25, 0.3) is 33.7 Å². The molecule has 0 atom stereocenters. The highest BCUT2D eigenvalue weighted by Gasteiger charge is 2.13. The Bertz CT molecular complexity index is 1320. The molecule has 3 N–H and O–H groups in total. The SMILES string of the molecule is COCC(=O)Nc1ccc(Cl)c(-c2nc3ncc(-c4ccc(NC(=O)OC)cc4)cc3[nH]2)c1. The highest BCUT2D eigenvalue weighted by Crippen LogP contribution is 2.31. The number of fused-ring (bicyclic) bond motifs is 1. The molecule has 4 rings (SSSR count). The second kappa shape index (κ2) is 9.68. The summed E-state index contributed by atoms with van der Waals surface area (Å²) in [4.78, 5) is 35.4. The van der Waals surface area contributed by atoms with Crippen LogP contribution < -0.4 is 10.6 Å². The number of rotatable bonds is 6. The van der Waals surface area contributed by atoms with E-state index in [2.05, 4.69) is 30.3 Å². The number of ether oxygens (including phenoxy) is 2.